The molecule has 0 bridgehead atoms. The lowest BCUT2D eigenvalue weighted by molar-refractivity contribution is -0.385. The predicted octanol–water partition coefficient (Wildman–Crippen LogP) is 2.14. The first-order valence-electron chi connectivity index (χ1n) is 6.75. The molecule has 1 rings (SSSR count). The number of hydrogen-bond acceptors (Lipinski definition) is 7. The second-order valence-corrected chi connectivity index (χ2v) is 3.99. The van der Waals surface area contributed by atoms with E-state index in [-0.39, 0.29) is 36.9 Å². The minimum absolute atomic E-state index is 0.0215. The summed E-state index contributed by atoms with van der Waals surface area (Å²) in [4.78, 5) is 34.0. The van der Waals surface area contributed by atoms with Gasteiger partial charge in [0.2, 0.25) is 5.75 Å². The van der Waals surface area contributed by atoms with Crippen molar-refractivity contribution in [1.29, 1.82) is 0 Å². The summed E-state index contributed by atoms with van der Waals surface area (Å²) in [6.07, 6.45) is 0. The average molecular weight is 311 g/mol. The van der Waals surface area contributed by atoms with Gasteiger partial charge in [0.1, 0.15) is 5.75 Å². The fourth-order valence-corrected chi connectivity index (χ4v) is 1.72. The quantitative estimate of drug-likeness (QED) is 0.238. The molecule has 0 saturated carbocycles. The van der Waals surface area contributed by atoms with Crippen molar-refractivity contribution in [3.8, 4) is 11.5 Å². The molecule has 1 aromatic rings. The number of ether oxygens (including phenoxy) is 3. The zero-order valence-electron chi connectivity index (χ0n) is 12.6. The van der Waals surface area contributed by atoms with E-state index < -0.39 is 22.4 Å². The van der Waals surface area contributed by atoms with Crippen LogP contribution >= 0.6 is 0 Å². The standard InChI is InChI=1S/C14H17NO7/c1-4-20-11-8-12(21-5-2)10(15(18)19)7-9(11)13(16)14(17)22-6-3/h7-8H,4-6H2,1-3H3. The predicted molar refractivity (Wildman–Crippen MR) is 76.4 cm³/mol. The van der Waals surface area contributed by atoms with E-state index in [2.05, 4.69) is 4.74 Å². The minimum Gasteiger partial charge on any atom is -0.493 e. The van der Waals surface area contributed by atoms with Crippen molar-refractivity contribution in [2.24, 2.45) is 0 Å². The van der Waals surface area contributed by atoms with E-state index in [1.165, 1.54) is 6.07 Å². The van der Waals surface area contributed by atoms with Crippen molar-refractivity contribution in [1.82, 2.24) is 0 Å². The highest BCUT2D eigenvalue weighted by molar-refractivity contribution is 6.41. The van der Waals surface area contributed by atoms with Crippen molar-refractivity contribution in [2.45, 2.75) is 20.8 Å². The summed E-state index contributed by atoms with van der Waals surface area (Å²) in [6.45, 7) is 5.34. The van der Waals surface area contributed by atoms with E-state index in [0.717, 1.165) is 6.07 Å². The fourth-order valence-electron chi connectivity index (χ4n) is 1.72. The van der Waals surface area contributed by atoms with Crippen LogP contribution in [0.2, 0.25) is 0 Å². The van der Waals surface area contributed by atoms with Gasteiger partial charge in [0.25, 0.3) is 5.78 Å². The Hall–Kier alpha value is -2.64. The van der Waals surface area contributed by atoms with Crippen LogP contribution in [0.3, 0.4) is 0 Å². The van der Waals surface area contributed by atoms with E-state index in [1.807, 2.05) is 0 Å². The third-order valence-electron chi connectivity index (χ3n) is 2.56. The maximum Gasteiger partial charge on any atom is 0.379 e. The number of nitro benzene ring substituents is 1. The molecule has 0 aliphatic rings. The topological polar surface area (TPSA) is 105 Å². The molecule has 0 heterocycles. The first-order valence-corrected chi connectivity index (χ1v) is 6.75. The van der Waals surface area contributed by atoms with Crippen LogP contribution in [0.4, 0.5) is 5.69 Å². The average Bonchev–Trinajstić information content (AvgIpc) is 2.47. The highest BCUT2D eigenvalue weighted by Crippen LogP contribution is 2.35. The number of carbonyl (C=O) groups excluding carboxylic acids is 2. The Morgan fingerprint density at radius 1 is 1.05 bits per heavy atom. The van der Waals surface area contributed by atoms with Gasteiger partial charge in [-0.05, 0) is 20.8 Å². The monoisotopic (exact) mass is 311 g/mol. The van der Waals surface area contributed by atoms with Gasteiger partial charge in [0.05, 0.1) is 30.3 Å². The highest BCUT2D eigenvalue weighted by Gasteiger charge is 2.28. The van der Waals surface area contributed by atoms with Crippen LogP contribution in [0, 0.1) is 10.1 Å². The summed E-state index contributed by atoms with van der Waals surface area (Å²) in [7, 11) is 0. The van der Waals surface area contributed by atoms with Gasteiger partial charge in [0.15, 0.2) is 0 Å². The lowest BCUT2D eigenvalue weighted by atomic mass is 10.1. The van der Waals surface area contributed by atoms with Crippen LogP contribution in [0.1, 0.15) is 31.1 Å². The van der Waals surface area contributed by atoms with E-state index >= 15 is 0 Å². The van der Waals surface area contributed by atoms with Crippen LogP contribution < -0.4 is 9.47 Å². The Labute approximate surface area is 127 Å². The van der Waals surface area contributed by atoms with Crippen molar-refractivity contribution in [3.63, 3.8) is 0 Å². The summed E-state index contributed by atoms with van der Waals surface area (Å²) < 4.78 is 15.1. The van der Waals surface area contributed by atoms with E-state index in [9.17, 15) is 19.7 Å². The van der Waals surface area contributed by atoms with E-state index in [0.29, 0.717) is 0 Å². The van der Waals surface area contributed by atoms with E-state index in [1.54, 1.807) is 20.8 Å². The molecule has 0 fully saturated rings. The molecule has 1 aromatic carbocycles. The normalized spacial score (nSPS) is 9.95. The lowest BCUT2D eigenvalue weighted by Gasteiger charge is -2.12. The van der Waals surface area contributed by atoms with Crippen molar-refractivity contribution < 1.29 is 28.7 Å². The molecule has 120 valence electrons. The molecular weight excluding hydrogens is 294 g/mol. The second kappa shape index (κ2) is 7.96. The van der Waals surface area contributed by atoms with Crippen LogP contribution in [0.5, 0.6) is 11.5 Å². The Balaban J connectivity index is 3.40. The molecule has 0 aliphatic heterocycles. The molecule has 0 unspecified atom stereocenters. The summed E-state index contributed by atoms with van der Waals surface area (Å²) in [5, 5.41) is 11.1. The number of nitrogens with zero attached hydrogens (tertiary/aromatic N) is 1. The van der Waals surface area contributed by atoms with Gasteiger partial charge < -0.3 is 14.2 Å². The number of carbonyl (C=O) groups is 2. The molecule has 0 atom stereocenters. The Bertz CT molecular complexity index is 583. The van der Waals surface area contributed by atoms with Gasteiger partial charge >= 0.3 is 11.7 Å². The van der Waals surface area contributed by atoms with Crippen molar-refractivity contribution in [3.05, 3.63) is 27.8 Å². The van der Waals surface area contributed by atoms with Gasteiger partial charge in [0, 0.05) is 12.1 Å². The summed E-state index contributed by atoms with van der Waals surface area (Å²) in [6, 6.07) is 2.20. The number of nitro groups is 1. The molecule has 8 nitrogen and oxygen atoms in total. The molecule has 0 aliphatic carbocycles. The first-order chi connectivity index (χ1) is 10.5. The van der Waals surface area contributed by atoms with Gasteiger partial charge in [-0.25, -0.2) is 4.79 Å². The number of benzene rings is 1. The summed E-state index contributed by atoms with van der Waals surface area (Å²) in [5.74, 6) is -2.09. The SMILES string of the molecule is CCOC(=O)C(=O)c1cc([N+](=O)[O-])c(OCC)cc1OCC. The third-order valence-corrected chi connectivity index (χ3v) is 2.56. The van der Waals surface area contributed by atoms with E-state index in [4.69, 9.17) is 9.47 Å². The molecule has 0 N–H and O–H groups in total. The number of rotatable bonds is 8. The van der Waals surface area contributed by atoms with Crippen molar-refractivity contribution >= 4 is 17.4 Å². The fraction of sp³-hybridized carbons (Fsp3) is 0.429. The van der Waals surface area contributed by atoms with Gasteiger partial charge in [-0.2, -0.15) is 0 Å². The number of ketones is 1. The summed E-state index contributed by atoms with van der Waals surface area (Å²) in [5.41, 5.74) is -0.645. The highest BCUT2D eigenvalue weighted by atomic mass is 16.6. The molecule has 8 heteroatoms. The maximum absolute atomic E-state index is 12.1. The Kier molecular flexibility index (Phi) is 6.30. The smallest absolute Gasteiger partial charge is 0.379 e. The Morgan fingerprint density at radius 2 is 1.64 bits per heavy atom. The van der Waals surface area contributed by atoms with Crippen LogP contribution in [0.15, 0.2) is 12.1 Å². The largest absolute Gasteiger partial charge is 0.493 e. The molecule has 0 aromatic heterocycles. The Morgan fingerprint density at radius 3 is 2.14 bits per heavy atom. The number of hydrogen-bond donors (Lipinski definition) is 0. The van der Waals surface area contributed by atoms with Crippen molar-refractivity contribution in [2.75, 3.05) is 19.8 Å². The molecule has 0 spiro atoms. The molecular formula is C14H17NO7. The third kappa shape index (κ3) is 3.94. The molecule has 0 saturated heterocycles. The number of Topliss-reactive ketones (excluding diaryl/α,β-unsaturated/α-hetero) is 1. The minimum atomic E-state index is -1.10. The molecule has 0 amide bonds. The first kappa shape index (κ1) is 17.4. The summed E-state index contributed by atoms with van der Waals surface area (Å²) >= 11 is 0. The maximum atomic E-state index is 12.1. The zero-order chi connectivity index (χ0) is 16.7. The zero-order valence-corrected chi connectivity index (χ0v) is 12.6. The lowest BCUT2D eigenvalue weighted by Crippen LogP contribution is -2.19. The van der Waals surface area contributed by atoms with Crippen LogP contribution in [-0.2, 0) is 9.53 Å². The molecule has 0 radical (unpaired) electrons. The van der Waals surface area contributed by atoms with Crippen LogP contribution in [-0.4, -0.2) is 36.5 Å². The molecule has 22 heavy (non-hydrogen) atoms. The van der Waals surface area contributed by atoms with Gasteiger partial charge in [-0.1, -0.05) is 0 Å². The second-order valence-electron chi connectivity index (χ2n) is 3.99. The van der Waals surface area contributed by atoms with Gasteiger partial charge in [-0.15, -0.1) is 0 Å². The van der Waals surface area contributed by atoms with Gasteiger partial charge in [-0.3, -0.25) is 14.9 Å². The van der Waals surface area contributed by atoms with Crippen LogP contribution in [0.25, 0.3) is 0 Å². The number of esters is 1.